The van der Waals surface area contributed by atoms with Crippen molar-refractivity contribution in [2.75, 3.05) is 7.11 Å². The summed E-state index contributed by atoms with van der Waals surface area (Å²) in [4.78, 5) is 23.4. The molecule has 0 amide bonds. The van der Waals surface area contributed by atoms with Crippen LogP contribution in [0.2, 0.25) is 0 Å². The molecule has 0 radical (unpaired) electrons. The van der Waals surface area contributed by atoms with Gasteiger partial charge in [0.1, 0.15) is 5.41 Å². The molecule has 0 aromatic rings. The predicted octanol–water partition coefficient (Wildman–Crippen LogP) is 1.70. The Morgan fingerprint density at radius 3 is 2.73 bits per heavy atom. The first-order chi connectivity index (χ1) is 7.17. The Kier molecular flexibility index (Phi) is 3.90. The second-order valence-corrected chi connectivity index (χ2v) is 3.73. The monoisotopic (exact) mass is 208 g/mol. The lowest BCUT2D eigenvalue weighted by molar-refractivity contribution is -0.156. The van der Waals surface area contributed by atoms with Gasteiger partial charge in [-0.3, -0.25) is 9.59 Å². The van der Waals surface area contributed by atoms with Crippen molar-refractivity contribution in [1.82, 2.24) is 0 Å². The van der Waals surface area contributed by atoms with Crippen LogP contribution in [0.5, 0.6) is 0 Å². The normalized spacial score (nSPS) is 24.5. The van der Waals surface area contributed by atoms with E-state index >= 15 is 0 Å². The lowest BCUT2D eigenvalue weighted by Crippen LogP contribution is -2.35. The molecule has 1 rings (SSSR count). The van der Waals surface area contributed by atoms with Crippen molar-refractivity contribution < 1.29 is 14.3 Å². The fourth-order valence-electron chi connectivity index (χ4n) is 1.94. The zero-order valence-electron chi connectivity index (χ0n) is 9.26. The number of ether oxygens (including phenoxy) is 1. The average Bonchev–Trinajstić information content (AvgIpc) is 2.61. The van der Waals surface area contributed by atoms with E-state index in [0.29, 0.717) is 19.3 Å². The summed E-state index contributed by atoms with van der Waals surface area (Å²) in [7, 11) is 1.32. The molecule has 0 saturated heterocycles. The van der Waals surface area contributed by atoms with E-state index in [-0.39, 0.29) is 5.78 Å². The van der Waals surface area contributed by atoms with Gasteiger partial charge in [0.25, 0.3) is 0 Å². The standard InChI is InChI=1S/C12H16O3/c1-3-4-5-8-12(11(14)15-2)9-6-7-10(12)13/h3,6-9H2,1-2H3/t12-/m1/s1. The molecule has 0 N–H and O–H groups in total. The number of hydrogen-bond acceptors (Lipinski definition) is 3. The highest BCUT2D eigenvalue weighted by molar-refractivity contribution is 6.05. The second-order valence-electron chi connectivity index (χ2n) is 3.73. The van der Waals surface area contributed by atoms with E-state index in [4.69, 9.17) is 4.74 Å². The summed E-state index contributed by atoms with van der Waals surface area (Å²) in [6.45, 7) is 1.94. The number of Topliss-reactive ketones (excluding diaryl/α,β-unsaturated/α-hetero) is 1. The van der Waals surface area contributed by atoms with Gasteiger partial charge in [-0.05, 0) is 12.8 Å². The van der Waals surface area contributed by atoms with Crippen molar-refractivity contribution >= 4 is 11.8 Å². The maximum atomic E-state index is 11.7. The van der Waals surface area contributed by atoms with Gasteiger partial charge >= 0.3 is 5.97 Å². The average molecular weight is 208 g/mol. The number of ketones is 1. The maximum Gasteiger partial charge on any atom is 0.320 e. The quantitative estimate of drug-likeness (QED) is 0.394. The van der Waals surface area contributed by atoms with Crippen LogP contribution < -0.4 is 0 Å². The van der Waals surface area contributed by atoms with Crippen molar-refractivity contribution in [3.05, 3.63) is 0 Å². The van der Waals surface area contributed by atoms with Gasteiger partial charge in [-0.15, -0.1) is 11.8 Å². The number of esters is 1. The maximum absolute atomic E-state index is 11.7. The SMILES string of the molecule is CCC#CC[C@@]1(C(=O)OC)CCCC1=O. The van der Waals surface area contributed by atoms with Crippen LogP contribution in [0.4, 0.5) is 0 Å². The van der Waals surface area contributed by atoms with Crippen LogP contribution in [0.25, 0.3) is 0 Å². The van der Waals surface area contributed by atoms with Crippen molar-refractivity contribution in [1.29, 1.82) is 0 Å². The van der Waals surface area contributed by atoms with Crippen LogP contribution in [0.1, 0.15) is 39.0 Å². The van der Waals surface area contributed by atoms with Crippen LogP contribution in [0, 0.1) is 17.3 Å². The lowest BCUT2D eigenvalue weighted by Gasteiger charge is -2.21. The van der Waals surface area contributed by atoms with Crippen LogP contribution in [0.15, 0.2) is 0 Å². The molecule has 0 heterocycles. The van der Waals surface area contributed by atoms with Gasteiger partial charge in [0, 0.05) is 19.3 Å². The first-order valence-corrected chi connectivity index (χ1v) is 5.25. The van der Waals surface area contributed by atoms with E-state index in [1.165, 1.54) is 7.11 Å². The molecule has 0 bridgehead atoms. The highest BCUT2D eigenvalue weighted by Gasteiger charge is 2.48. The first kappa shape index (κ1) is 11.8. The molecule has 3 nitrogen and oxygen atoms in total. The van der Waals surface area contributed by atoms with Crippen LogP contribution in [-0.2, 0) is 14.3 Å². The minimum Gasteiger partial charge on any atom is -0.468 e. The molecule has 0 spiro atoms. The zero-order chi connectivity index (χ0) is 11.3. The molecular formula is C12H16O3. The largest absolute Gasteiger partial charge is 0.468 e. The van der Waals surface area contributed by atoms with Gasteiger partial charge < -0.3 is 4.74 Å². The summed E-state index contributed by atoms with van der Waals surface area (Å²) in [5.74, 6) is 5.35. The summed E-state index contributed by atoms with van der Waals surface area (Å²) in [6, 6.07) is 0. The Morgan fingerprint density at radius 1 is 1.53 bits per heavy atom. The molecule has 1 atom stereocenters. The van der Waals surface area contributed by atoms with Crippen molar-refractivity contribution in [2.24, 2.45) is 5.41 Å². The molecular weight excluding hydrogens is 192 g/mol. The molecule has 1 aliphatic rings. The Balaban J connectivity index is 2.86. The minimum absolute atomic E-state index is 0.0141. The topological polar surface area (TPSA) is 43.4 Å². The van der Waals surface area contributed by atoms with E-state index in [0.717, 1.165) is 12.8 Å². The smallest absolute Gasteiger partial charge is 0.320 e. The lowest BCUT2D eigenvalue weighted by atomic mass is 9.82. The molecule has 15 heavy (non-hydrogen) atoms. The fourth-order valence-corrected chi connectivity index (χ4v) is 1.94. The van der Waals surface area contributed by atoms with Gasteiger partial charge in [0.15, 0.2) is 5.78 Å². The molecule has 0 unspecified atom stereocenters. The Bertz CT molecular complexity index is 321. The third-order valence-electron chi connectivity index (χ3n) is 2.81. The minimum atomic E-state index is -0.961. The predicted molar refractivity (Wildman–Crippen MR) is 56.0 cm³/mol. The van der Waals surface area contributed by atoms with Crippen molar-refractivity contribution in [2.45, 2.75) is 39.0 Å². The molecule has 1 saturated carbocycles. The first-order valence-electron chi connectivity index (χ1n) is 5.25. The molecule has 1 fully saturated rings. The fraction of sp³-hybridized carbons (Fsp3) is 0.667. The van der Waals surface area contributed by atoms with Crippen molar-refractivity contribution in [3.63, 3.8) is 0 Å². The van der Waals surface area contributed by atoms with Gasteiger partial charge in [-0.25, -0.2) is 0 Å². The van der Waals surface area contributed by atoms with E-state index < -0.39 is 11.4 Å². The van der Waals surface area contributed by atoms with Gasteiger partial charge in [-0.1, -0.05) is 6.92 Å². The molecule has 1 aliphatic carbocycles. The Hall–Kier alpha value is -1.30. The molecule has 0 aromatic carbocycles. The number of carbonyl (C=O) groups is 2. The summed E-state index contributed by atoms with van der Waals surface area (Å²) in [5.41, 5.74) is -0.961. The number of hydrogen-bond donors (Lipinski definition) is 0. The molecule has 0 aromatic heterocycles. The third-order valence-corrected chi connectivity index (χ3v) is 2.81. The number of methoxy groups -OCH3 is 1. The van der Waals surface area contributed by atoms with Crippen LogP contribution in [0.3, 0.4) is 0 Å². The van der Waals surface area contributed by atoms with E-state index in [1.54, 1.807) is 0 Å². The summed E-state index contributed by atoms with van der Waals surface area (Å²) in [5, 5.41) is 0. The summed E-state index contributed by atoms with van der Waals surface area (Å²) >= 11 is 0. The Morgan fingerprint density at radius 2 is 2.27 bits per heavy atom. The van der Waals surface area contributed by atoms with E-state index in [9.17, 15) is 9.59 Å². The highest BCUT2D eigenvalue weighted by atomic mass is 16.5. The summed E-state index contributed by atoms with van der Waals surface area (Å²) < 4.78 is 4.71. The van der Waals surface area contributed by atoms with Gasteiger partial charge in [-0.2, -0.15) is 0 Å². The van der Waals surface area contributed by atoms with Crippen molar-refractivity contribution in [3.8, 4) is 11.8 Å². The number of carbonyl (C=O) groups excluding carboxylic acids is 2. The Labute approximate surface area is 90.2 Å². The van der Waals surface area contributed by atoms with E-state index in [2.05, 4.69) is 11.8 Å². The highest BCUT2D eigenvalue weighted by Crippen LogP contribution is 2.38. The van der Waals surface area contributed by atoms with Gasteiger partial charge in [0.2, 0.25) is 0 Å². The molecule has 3 heteroatoms. The molecule has 0 aliphatic heterocycles. The summed E-state index contributed by atoms with van der Waals surface area (Å²) in [6.07, 6.45) is 2.87. The second kappa shape index (κ2) is 4.97. The van der Waals surface area contributed by atoms with E-state index in [1.807, 2.05) is 6.92 Å². The van der Waals surface area contributed by atoms with Gasteiger partial charge in [0.05, 0.1) is 7.11 Å². The zero-order valence-corrected chi connectivity index (χ0v) is 9.26. The van der Waals surface area contributed by atoms with Crippen LogP contribution in [-0.4, -0.2) is 18.9 Å². The number of rotatable bonds is 2. The molecule has 82 valence electrons. The van der Waals surface area contributed by atoms with Crippen LogP contribution >= 0.6 is 0 Å². The third kappa shape index (κ3) is 2.20.